The highest BCUT2D eigenvalue weighted by Gasteiger charge is 2.27. The van der Waals surface area contributed by atoms with Crippen LogP contribution in [0.4, 0.5) is 0 Å². The molecule has 1 rings (SSSR count). The minimum Gasteiger partial charge on any atom is -0.303 e. The van der Waals surface area contributed by atoms with Gasteiger partial charge < -0.3 is 9.79 Å². The zero-order chi connectivity index (χ0) is 17.7. The Balaban J connectivity index is 2.64. The fraction of sp³-hybridized carbons (Fsp3) is 1.00. The van der Waals surface area contributed by atoms with E-state index in [1.807, 2.05) is 0 Å². The molecule has 0 spiro atoms. The number of sulfone groups is 1. The molecule has 0 saturated heterocycles. The summed E-state index contributed by atoms with van der Waals surface area (Å²) < 4.78 is 64.2. The molecule has 0 aromatic carbocycles. The van der Waals surface area contributed by atoms with Crippen molar-refractivity contribution in [3.05, 3.63) is 0 Å². The van der Waals surface area contributed by atoms with Gasteiger partial charge in [-0.05, 0) is 25.2 Å². The average molecular weight is 393 g/mol. The molecular formula is C11H24NO8PS2. The van der Waals surface area contributed by atoms with Gasteiger partial charge in [-0.2, -0.15) is 0 Å². The van der Waals surface area contributed by atoms with Crippen molar-refractivity contribution in [2.75, 3.05) is 24.4 Å². The summed E-state index contributed by atoms with van der Waals surface area (Å²) in [5.74, 6) is -0.305. The van der Waals surface area contributed by atoms with Gasteiger partial charge in [0, 0.05) is 6.04 Å². The van der Waals surface area contributed by atoms with E-state index >= 15 is 0 Å². The number of sulfonamides is 1. The lowest BCUT2D eigenvalue weighted by molar-refractivity contribution is 0.191. The molecule has 0 aromatic rings. The first kappa shape index (κ1) is 21.0. The highest BCUT2D eigenvalue weighted by Crippen LogP contribution is 2.35. The first-order valence-electron chi connectivity index (χ1n) is 7.24. The summed E-state index contributed by atoms with van der Waals surface area (Å²) in [5.41, 5.74) is 0. The van der Waals surface area contributed by atoms with Crippen LogP contribution < -0.4 is 4.72 Å². The lowest BCUT2D eigenvalue weighted by atomic mass is 10.1. The average Bonchev–Trinajstić information content (AvgIpc) is 2.75. The lowest BCUT2D eigenvalue weighted by Gasteiger charge is -2.19. The molecule has 0 bridgehead atoms. The SMILES string of the molecule is CS(=O)(=O)NC(CCOP(=O)(O)O)CS(=O)(=O)CC1CCCC1. The van der Waals surface area contributed by atoms with Crippen LogP contribution in [0.1, 0.15) is 32.1 Å². The van der Waals surface area contributed by atoms with Crippen molar-refractivity contribution in [3.63, 3.8) is 0 Å². The Hall–Kier alpha value is -0.0300. The molecule has 23 heavy (non-hydrogen) atoms. The summed E-state index contributed by atoms with van der Waals surface area (Å²) in [6.45, 7) is -0.448. The molecule has 1 aliphatic carbocycles. The molecule has 1 atom stereocenters. The molecule has 138 valence electrons. The van der Waals surface area contributed by atoms with E-state index in [0.29, 0.717) is 0 Å². The Morgan fingerprint density at radius 2 is 1.78 bits per heavy atom. The van der Waals surface area contributed by atoms with Gasteiger partial charge in [-0.1, -0.05) is 12.8 Å². The molecule has 1 fully saturated rings. The van der Waals surface area contributed by atoms with E-state index < -0.39 is 46.1 Å². The second-order valence-corrected chi connectivity index (χ2v) is 11.1. The van der Waals surface area contributed by atoms with Gasteiger partial charge >= 0.3 is 7.82 Å². The van der Waals surface area contributed by atoms with Crippen molar-refractivity contribution in [2.45, 2.75) is 38.1 Å². The maximum atomic E-state index is 12.2. The zero-order valence-corrected chi connectivity index (χ0v) is 15.4. The first-order valence-corrected chi connectivity index (χ1v) is 12.5. The van der Waals surface area contributed by atoms with Crippen LogP contribution in [0.25, 0.3) is 0 Å². The standard InChI is InChI=1S/C11H24NO8PS2/c1-22(16,17)12-11(6-7-20-21(13,14)15)9-23(18,19)8-10-4-2-3-5-10/h10-12H,2-9H2,1H3,(H2,13,14,15). The van der Waals surface area contributed by atoms with Crippen molar-refractivity contribution < 1.29 is 35.7 Å². The molecule has 0 radical (unpaired) electrons. The predicted octanol–water partition coefficient (Wildman–Crippen LogP) is 0.00860. The summed E-state index contributed by atoms with van der Waals surface area (Å²) in [6.07, 6.45) is 4.45. The normalized spacial score (nSPS) is 19.1. The molecule has 0 aromatic heterocycles. The van der Waals surface area contributed by atoms with E-state index in [1.165, 1.54) is 0 Å². The van der Waals surface area contributed by atoms with Crippen LogP contribution in [0.15, 0.2) is 0 Å². The van der Waals surface area contributed by atoms with Crippen LogP contribution in [0, 0.1) is 5.92 Å². The topological polar surface area (TPSA) is 147 Å². The highest BCUT2D eigenvalue weighted by molar-refractivity contribution is 7.91. The Kier molecular flexibility index (Phi) is 7.65. The Labute approximate surface area is 137 Å². The Bertz CT molecular complexity index is 620. The molecule has 12 heteroatoms. The summed E-state index contributed by atoms with van der Waals surface area (Å²) in [7, 11) is -11.8. The lowest BCUT2D eigenvalue weighted by Crippen LogP contribution is -2.41. The van der Waals surface area contributed by atoms with Crippen LogP contribution in [0.3, 0.4) is 0 Å². The smallest absolute Gasteiger partial charge is 0.303 e. The fourth-order valence-electron chi connectivity index (χ4n) is 2.70. The van der Waals surface area contributed by atoms with E-state index in [4.69, 9.17) is 9.79 Å². The van der Waals surface area contributed by atoms with E-state index in [0.717, 1.165) is 31.9 Å². The third-order valence-electron chi connectivity index (χ3n) is 3.53. The van der Waals surface area contributed by atoms with Crippen molar-refractivity contribution in [3.8, 4) is 0 Å². The first-order chi connectivity index (χ1) is 10.4. The maximum Gasteiger partial charge on any atom is 0.469 e. The number of hydrogen-bond acceptors (Lipinski definition) is 6. The predicted molar refractivity (Wildman–Crippen MR) is 85.0 cm³/mol. The van der Waals surface area contributed by atoms with Crippen molar-refractivity contribution >= 4 is 27.7 Å². The van der Waals surface area contributed by atoms with Crippen LogP contribution >= 0.6 is 7.82 Å². The van der Waals surface area contributed by atoms with Crippen molar-refractivity contribution in [2.24, 2.45) is 5.92 Å². The van der Waals surface area contributed by atoms with E-state index in [1.54, 1.807) is 0 Å². The third-order valence-corrected chi connectivity index (χ3v) is 6.70. The van der Waals surface area contributed by atoms with Gasteiger partial charge in [0.15, 0.2) is 9.84 Å². The highest BCUT2D eigenvalue weighted by atomic mass is 32.2. The molecular weight excluding hydrogens is 369 g/mol. The summed E-state index contributed by atoms with van der Waals surface area (Å²) in [4.78, 5) is 17.2. The molecule has 1 aliphatic rings. The second-order valence-electron chi connectivity index (χ2n) is 5.93. The van der Waals surface area contributed by atoms with E-state index in [2.05, 4.69) is 9.25 Å². The van der Waals surface area contributed by atoms with Gasteiger partial charge in [-0.3, -0.25) is 4.52 Å². The van der Waals surface area contributed by atoms with Crippen molar-refractivity contribution in [1.82, 2.24) is 4.72 Å². The molecule has 0 amide bonds. The van der Waals surface area contributed by atoms with E-state index in [9.17, 15) is 21.4 Å². The van der Waals surface area contributed by atoms with Crippen molar-refractivity contribution in [1.29, 1.82) is 0 Å². The van der Waals surface area contributed by atoms with Gasteiger partial charge in [0.05, 0.1) is 24.4 Å². The Morgan fingerprint density at radius 1 is 1.22 bits per heavy atom. The van der Waals surface area contributed by atoms with Crippen LogP contribution in [0.2, 0.25) is 0 Å². The summed E-state index contributed by atoms with van der Waals surface area (Å²) >= 11 is 0. The zero-order valence-electron chi connectivity index (χ0n) is 12.9. The monoisotopic (exact) mass is 393 g/mol. The van der Waals surface area contributed by atoms with Crippen LogP contribution in [-0.2, 0) is 28.9 Å². The third kappa shape index (κ3) is 10.4. The molecule has 0 heterocycles. The van der Waals surface area contributed by atoms with Gasteiger partial charge in [0.25, 0.3) is 0 Å². The quantitative estimate of drug-likeness (QED) is 0.440. The fourth-order valence-corrected chi connectivity index (χ4v) is 6.01. The summed E-state index contributed by atoms with van der Waals surface area (Å²) in [6, 6.07) is -0.983. The molecule has 1 saturated carbocycles. The van der Waals surface area contributed by atoms with Gasteiger partial charge in [0.2, 0.25) is 10.0 Å². The largest absolute Gasteiger partial charge is 0.469 e. The Morgan fingerprint density at radius 3 is 2.26 bits per heavy atom. The minimum absolute atomic E-state index is 0.00823. The number of nitrogens with one attached hydrogen (secondary N) is 1. The molecule has 0 aliphatic heterocycles. The van der Waals surface area contributed by atoms with Gasteiger partial charge in [-0.15, -0.1) is 0 Å². The molecule has 9 nitrogen and oxygen atoms in total. The molecule has 1 unspecified atom stereocenters. The van der Waals surface area contributed by atoms with Gasteiger partial charge in [-0.25, -0.2) is 26.1 Å². The van der Waals surface area contributed by atoms with E-state index in [-0.39, 0.29) is 18.1 Å². The van der Waals surface area contributed by atoms with Crippen LogP contribution in [0.5, 0.6) is 0 Å². The second kappa shape index (κ2) is 8.37. The number of phosphoric ester groups is 1. The van der Waals surface area contributed by atoms with Gasteiger partial charge in [0.1, 0.15) is 0 Å². The number of rotatable bonds is 10. The molecule has 3 N–H and O–H groups in total. The number of phosphoric acid groups is 1. The number of hydrogen-bond donors (Lipinski definition) is 3. The van der Waals surface area contributed by atoms with Crippen LogP contribution in [-0.4, -0.2) is 57.0 Å². The summed E-state index contributed by atoms with van der Waals surface area (Å²) in [5, 5.41) is 0. The maximum absolute atomic E-state index is 12.2. The minimum atomic E-state index is -4.68.